The third-order valence-electron chi connectivity index (χ3n) is 4.51. The first-order valence-electron chi connectivity index (χ1n) is 9.04. The number of ether oxygens (including phenoxy) is 1. The zero-order chi connectivity index (χ0) is 19.0. The van der Waals surface area contributed by atoms with Crippen LogP contribution in [0.25, 0.3) is 0 Å². The van der Waals surface area contributed by atoms with Crippen molar-refractivity contribution in [1.82, 2.24) is 5.32 Å². The van der Waals surface area contributed by atoms with E-state index in [0.29, 0.717) is 19.1 Å². The van der Waals surface area contributed by atoms with Gasteiger partial charge in [-0.15, -0.1) is 0 Å². The average molecular weight is 359 g/mol. The highest BCUT2D eigenvalue weighted by Crippen LogP contribution is 2.40. The van der Waals surface area contributed by atoms with Crippen LogP contribution in [0.5, 0.6) is 0 Å². The molecule has 3 N–H and O–H groups in total. The molecule has 3 aromatic rings. The monoisotopic (exact) mass is 359 g/mol. The molecule has 0 bridgehead atoms. The summed E-state index contributed by atoms with van der Waals surface area (Å²) in [7, 11) is 1.66. The Kier molecular flexibility index (Phi) is 6.23. The predicted octanol–water partition coefficient (Wildman–Crippen LogP) is 3.53. The van der Waals surface area contributed by atoms with Crippen LogP contribution >= 0.6 is 0 Å². The van der Waals surface area contributed by atoms with E-state index < -0.39 is 5.60 Å². The van der Waals surface area contributed by atoms with Crippen LogP contribution in [0.4, 0.5) is 0 Å². The summed E-state index contributed by atoms with van der Waals surface area (Å²) < 4.78 is 6.61. The molecule has 0 unspecified atom stereocenters. The molecule has 0 saturated carbocycles. The van der Waals surface area contributed by atoms with Gasteiger partial charge in [-0.05, 0) is 16.7 Å². The van der Waals surface area contributed by atoms with Gasteiger partial charge >= 0.3 is 0 Å². The zero-order valence-electron chi connectivity index (χ0n) is 15.5. The highest BCUT2D eigenvalue weighted by Gasteiger charge is 2.37. The maximum atomic E-state index is 6.61. The molecule has 0 aliphatic carbocycles. The summed E-state index contributed by atoms with van der Waals surface area (Å²) in [5, 5.41) is 3.06. The van der Waals surface area contributed by atoms with Crippen LogP contribution in [0.15, 0.2) is 96.0 Å². The summed E-state index contributed by atoms with van der Waals surface area (Å²) >= 11 is 0. The normalized spacial score (nSPS) is 12.0. The average Bonchev–Trinajstić information content (AvgIpc) is 2.75. The quantitative estimate of drug-likeness (QED) is 0.294. The Morgan fingerprint density at radius 1 is 0.815 bits per heavy atom. The zero-order valence-corrected chi connectivity index (χ0v) is 15.5. The van der Waals surface area contributed by atoms with Crippen molar-refractivity contribution in [3.05, 3.63) is 108 Å². The van der Waals surface area contributed by atoms with Gasteiger partial charge in [-0.3, -0.25) is 4.99 Å². The second kappa shape index (κ2) is 9.01. The van der Waals surface area contributed by atoms with Crippen LogP contribution in [-0.4, -0.2) is 26.2 Å². The van der Waals surface area contributed by atoms with E-state index >= 15 is 0 Å². The summed E-state index contributed by atoms with van der Waals surface area (Å²) in [6, 6.07) is 30.9. The van der Waals surface area contributed by atoms with Crippen molar-refractivity contribution in [2.75, 3.05) is 20.2 Å². The molecule has 3 aromatic carbocycles. The Labute approximate surface area is 160 Å². The second-order valence-electron chi connectivity index (χ2n) is 6.16. The Balaban J connectivity index is 2.06. The van der Waals surface area contributed by atoms with Crippen molar-refractivity contribution in [2.24, 2.45) is 10.7 Å². The molecule has 138 valence electrons. The van der Waals surface area contributed by atoms with Crippen molar-refractivity contribution >= 4 is 5.96 Å². The Morgan fingerprint density at radius 2 is 1.22 bits per heavy atom. The van der Waals surface area contributed by atoms with E-state index in [2.05, 4.69) is 46.7 Å². The molecule has 0 radical (unpaired) electrons. The summed E-state index contributed by atoms with van der Waals surface area (Å²) in [6.07, 6.45) is 0. The largest absolute Gasteiger partial charge is 0.370 e. The van der Waals surface area contributed by atoms with Crippen molar-refractivity contribution in [2.45, 2.75) is 5.60 Å². The van der Waals surface area contributed by atoms with Gasteiger partial charge in [0.05, 0.1) is 6.61 Å². The molecule has 27 heavy (non-hydrogen) atoms. The number of rotatable bonds is 7. The molecule has 3 rings (SSSR count). The van der Waals surface area contributed by atoms with Gasteiger partial charge in [-0.1, -0.05) is 91.0 Å². The lowest BCUT2D eigenvalue weighted by Crippen LogP contribution is -2.38. The van der Waals surface area contributed by atoms with Crippen LogP contribution in [0.2, 0.25) is 0 Å². The highest BCUT2D eigenvalue weighted by atomic mass is 16.5. The molecule has 0 aliphatic rings. The topological polar surface area (TPSA) is 59.6 Å². The molecule has 0 heterocycles. The number of hydrogen-bond donors (Lipinski definition) is 2. The summed E-state index contributed by atoms with van der Waals surface area (Å²) in [6.45, 7) is 1.03. The molecule has 4 nitrogen and oxygen atoms in total. The first kappa shape index (κ1) is 18.7. The Bertz CT molecular complexity index is 752. The minimum absolute atomic E-state index is 0.406. The van der Waals surface area contributed by atoms with Gasteiger partial charge in [0, 0.05) is 13.6 Å². The summed E-state index contributed by atoms with van der Waals surface area (Å²) in [5.41, 5.74) is 8.28. The number of guanidine groups is 1. The lowest BCUT2D eigenvalue weighted by Gasteiger charge is -2.36. The minimum atomic E-state index is -0.705. The second-order valence-corrected chi connectivity index (χ2v) is 6.16. The van der Waals surface area contributed by atoms with E-state index in [1.165, 1.54) is 0 Å². The molecular formula is C23H25N3O. The summed E-state index contributed by atoms with van der Waals surface area (Å²) in [5.74, 6) is 0.406. The van der Waals surface area contributed by atoms with Gasteiger partial charge in [-0.25, -0.2) is 0 Å². The summed E-state index contributed by atoms with van der Waals surface area (Å²) in [4.78, 5) is 3.92. The molecule has 0 amide bonds. The van der Waals surface area contributed by atoms with Crippen LogP contribution < -0.4 is 11.1 Å². The fraction of sp³-hybridized carbons (Fsp3) is 0.174. The van der Waals surface area contributed by atoms with Gasteiger partial charge in [-0.2, -0.15) is 0 Å². The van der Waals surface area contributed by atoms with Gasteiger partial charge in [0.25, 0.3) is 0 Å². The third kappa shape index (κ3) is 4.18. The van der Waals surface area contributed by atoms with Gasteiger partial charge < -0.3 is 15.8 Å². The smallest absolute Gasteiger partial charge is 0.188 e. The van der Waals surface area contributed by atoms with Crippen molar-refractivity contribution in [1.29, 1.82) is 0 Å². The fourth-order valence-electron chi connectivity index (χ4n) is 3.23. The lowest BCUT2D eigenvalue weighted by molar-refractivity contribution is 0.0164. The minimum Gasteiger partial charge on any atom is -0.370 e. The predicted molar refractivity (Wildman–Crippen MR) is 111 cm³/mol. The van der Waals surface area contributed by atoms with Crippen LogP contribution in [0, 0.1) is 0 Å². The molecule has 0 spiro atoms. The highest BCUT2D eigenvalue weighted by molar-refractivity contribution is 5.77. The number of aliphatic imine (C=N–C) groups is 1. The molecule has 0 aromatic heterocycles. The lowest BCUT2D eigenvalue weighted by atomic mass is 9.80. The van der Waals surface area contributed by atoms with Crippen molar-refractivity contribution in [3.8, 4) is 0 Å². The van der Waals surface area contributed by atoms with Crippen molar-refractivity contribution in [3.63, 3.8) is 0 Å². The number of nitrogens with zero attached hydrogens (tertiary/aromatic N) is 1. The maximum Gasteiger partial charge on any atom is 0.188 e. The van der Waals surface area contributed by atoms with Crippen LogP contribution in [0.1, 0.15) is 16.7 Å². The first-order valence-corrected chi connectivity index (χ1v) is 9.04. The number of hydrogen-bond acceptors (Lipinski definition) is 2. The first-order chi connectivity index (χ1) is 13.3. The van der Waals surface area contributed by atoms with Gasteiger partial charge in [0.2, 0.25) is 0 Å². The third-order valence-corrected chi connectivity index (χ3v) is 4.51. The van der Waals surface area contributed by atoms with E-state index in [0.717, 1.165) is 16.7 Å². The van der Waals surface area contributed by atoms with E-state index in [1.54, 1.807) is 7.05 Å². The van der Waals surface area contributed by atoms with Gasteiger partial charge in [0.1, 0.15) is 5.60 Å². The molecule has 4 heteroatoms. The number of nitrogens with two attached hydrogens (primary N) is 1. The molecule has 0 saturated heterocycles. The van der Waals surface area contributed by atoms with E-state index in [-0.39, 0.29) is 0 Å². The Morgan fingerprint density at radius 3 is 1.59 bits per heavy atom. The van der Waals surface area contributed by atoms with Gasteiger partial charge in [0.15, 0.2) is 5.96 Å². The molecular weight excluding hydrogens is 334 g/mol. The van der Waals surface area contributed by atoms with E-state index in [4.69, 9.17) is 10.5 Å². The fourth-order valence-corrected chi connectivity index (χ4v) is 3.23. The SMILES string of the molecule is CN=C(N)NCCOC(c1ccccc1)(c1ccccc1)c1ccccc1. The molecule has 0 atom stereocenters. The molecule has 0 aliphatic heterocycles. The maximum absolute atomic E-state index is 6.61. The Hall–Kier alpha value is -3.11. The van der Waals surface area contributed by atoms with E-state index in [1.807, 2.05) is 54.6 Å². The van der Waals surface area contributed by atoms with Crippen LogP contribution in [-0.2, 0) is 10.3 Å². The van der Waals surface area contributed by atoms with Crippen molar-refractivity contribution < 1.29 is 4.74 Å². The van der Waals surface area contributed by atoms with E-state index in [9.17, 15) is 0 Å². The number of benzene rings is 3. The number of nitrogens with one attached hydrogen (secondary N) is 1. The molecule has 0 fully saturated rings. The van der Waals surface area contributed by atoms with Crippen LogP contribution in [0.3, 0.4) is 0 Å². The standard InChI is InChI=1S/C23H25N3O/c1-25-22(24)26-17-18-27-23(19-11-5-2-6-12-19,20-13-7-3-8-14-20)21-15-9-4-10-16-21/h2-16H,17-18H2,1H3,(H3,24,25,26).